The minimum atomic E-state index is 0.121. The van der Waals surface area contributed by atoms with Crippen molar-refractivity contribution in [2.24, 2.45) is 0 Å². The van der Waals surface area contributed by atoms with Crippen LogP contribution >= 0.6 is 0 Å². The third-order valence-corrected chi connectivity index (χ3v) is 2.35. The second kappa shape index (κ2) is 5.97. The summed E-state index contributed by atoms with van der Waals surface area (Å²) in [5, 5.41) is 6.02. The molecule has 1 amide bonds. The monoisotopic (exact) mass is 186 g/mol. The van der Waals surface area contributed by atoms with Crippen LogP contribution in [0, 0.1) is 0 Å². The van der Waals surface area contributed by atoms with Crippen LogP contribution < -0.4 is 10.6 Å². The van der Waals surface area contributed by atoms with E-state index < -0.39 is 0 Å². The number of hydrogen-bond acceptors (Lipinski definition) is 2. The van der Waals surface area contributed by atoms with E-state index in [-0.39, 0.29) is 11.4 Å². The fourth-order valence-corrected chi connectivity index (χ4v) is 0.926. The van der Waals surface area contributed by atoms with Gasteiger partial charge in [-0.05, 0) is 33.2 Å². The van der Waals surface area contributed by atoms with Crippen molar-refractivity contribution < 1.29 is 4.79 Å². The van der Waals surface area contributed by atoms with E-state index in [0.717, 1.165) is 19.4 Å². The smallest absolute Gasteiger partial charge is 0.219 e. The van der Waals surface area contributed by atoms with Gasteiger partial charge in [-0.2, -0.15) is 0 Å². The van der Waals surface area contributed by atoms with Crippen molar-refractivity contribution in [3.05, 3.63) is 0 Å². The molecule has 0 aromatic carbocycles. The Morgan fingerprint density at radius 3 is 2.46 bits per heavy atom. The van der Waals surface area contributed by atoms with Crippen molar-refractivity contribution in [3.63, 3.8) is 0 Å². The molecule has 0 spiro atoms. The fraction of sp³-hybridized carbons (Fsp3) is 0.900. The van der Waals surface area contributed by atoms with Gasteiger partial charge in [-0.1, -0.05) is 6.92 Å². The largest absolute Gasteiger partial charge is 0.359 e. The van der Waals surface area contributed by atoms with Crippen molar-refractivity contribution in [1.82, 2.24) is 10.6 Å². The Kier molecular flexibility index (Phi) is 5.71. The standard InChI is InChI=1S/C10H22N2O/c1-5-10(2,3)12-8-6-7-9(13)11-4/h12H,5-8H2,1-4H3,(H,11,13). The van der Waals surface area contributed by atoms with Gasteiger partial charge >= 0.3 is 0 Å². The summed E-state index contributed by atoms with van der Waals surface area (Å²) >= 11 is 0. The molecule has 0 aliphatic rings. The Morgan fingerprint density at radius 2 is 2.00 bits per heavy atom. The number of amides is 1. The zero-order chi connectivity index (χ0) is 10.3. The van der Waals surface area contributed by atoms with Gasteiger partial charge in [0.25, 0.3) is 0 Å². The molecule has 0 atom stereocenters. The molecule has 0 unspecified atom stereocenters. The van der Waals surface area contributed by atoms with Gasteiger partial charge < -0.3 is 10.6 Å². The van der Waals surface area contributed by atoms with Crippen LogP contribution in [0.3, 0.4) is 0 Å². The van der Waals surface area contributed by atoms with E-state index >= 15 is 0 Å². The second-order valence-electron chi connectivity index (χ2n) is 3.94. The predicted molar refractivity (Wildman–Crippen MR) is 55.7 cm³/mol. The molecule has 2 N–H and O–H groups in total. The van der Waals surface area contributed by atoms with E-state index in [9.17, 15) is 4.79 Å². The molecule has 78 valence electrons. The van der Waals surface area contributed by atoms with E-state index in [1.165, 1.54) is 0 Å². The lowest BCUT2D eigenvalue weighted by atomic mass is 10.0. The SMILES string of the molecule is CCC(C)(C)NCCCC(=O)NC. The normalized spacial score (nSPS) is 11.4. The highest BCUT2D eigenvalue weighted by molar-refractivity contribution is 5.75. The molecule has 0 heterocycles. The van der Waals surface area contributed by atoms with Gasteiger partial charge in [0.05, 0.1) is 0 Å². The molecular formula is C10H22N2O. The van der Waals surface area contributed by atoms with E-state index in [1.807, 2.05) is 0 Å². The lowest BCUT2D eigenvalue weighted by Crippen LogP contribution is -2.39. The number of carbonyl (C=O) groups is 1. The van der Waals surface area contributed by atoms with Crippen molar-refractivity contribution in [3.8, 4) is 0 Å². The van der Waals surface area contributed by atoms with E-state index in [2.05, 4.69) is 31.4 Å². The van der Waals surface area contributed by atoms with Crippen molar-refractivity contribution in [2.75, 3.05) is 13.6 Å². The number of carbonyl (C=O) groups excluding carboxylic acids is 1. The average Bonchev–Trinajstić information content (AvgIpc) is 2.12. The van der Waals surface area contributed by atoms with Crippen molar-refractivity contribution >= 4 is 5.91 Å². The van der Waals surface area contributed by atoms with Crippen LogP contribution in [0.25, 0.3) is 0 Å². The van der Waals surface area contributed by atoms with E-state index in [1.54, 1.807) is 7.05 Å². The van der Waals surface area contributed by atoms with Crippen LogP contribution in [0.5, 0.6) is 0 Å². The molecule has 0 aliphatic carbocycles. The first-order valence-electron chi connectivity index (χ1n) is 4.97. The average molecular weight is 186 g/mol. The molecule has 0 aromatic rings. The van der Waals surface area contributed by atoms with Gasteiger partial charge in [0.15, 0.2) is 0 Å². The van der Waals surface area contributed by atoms with Gasteiger partial charge in [-0.15, -0.1) is 0 Å². The molecule has 13 heavy (non-hydrogen) atoms. The molecular weight excluding hydrogens is 164 g/mol. The van der Waals surface area contributed by atoms with Crippen molar-refractivity contribution in [2.45, 2.75) is 45.6 Å². The topological polar surface area (TPSA) is 41.1 Å². The molecule has 3 heteroatoms. The molecule has 0 saturated heterocycles. The Balaban J connectivity index is 3.41. The maximum absolute atomic E-state index is 10.9. The Morgan fingerprint density at radius 1 is 1.38 bits per heavy atom. The number of nitrogens with one attached hydrogen (secondary N) is 2. The first-order chi connectivity index (χ1) is 6.02. The predicted octanol–water partition coefficient (Wildman–Crippen LogP) is 1.29. The molecule has 0 aliphatic heterocycles. The maximum atomic E-state index is 10.9. The van der Waals surface area contributed by atoms with Crippen LogP contribution in [-0.4, -0.2) is 25.0 Å². The van der Waals surface area contributed by atoms with Gasteiger partial charge in [-0.25, -0.2) is 0 Å². The first kappa shape index (κ1) is 12.4. The van der Waals surface area contributed by atoms with Gasteiger partial charge in [0.1, 0.15) is 0 Å². The van der Waals surface area contributed by atoms with Crippen LogP contribution in [0.2, 0.25) is 0 Å². The fourth-order valence-electron chi connectivity index (χ4n) is 0.926. The summed E-state index contributed by atoms with van der Waals surface area (Å²) in [6, 6.07) is 0. The van der Waals surface area contributed by atoms with Crippen molar-refractivity contribution in [1.29, 1.82) is 0 Å². The van der Waals surface area contributed by atoms with Crippen LogP contribution in [0.4, 0.5) is 0 Å². The van der Waals surface area contributed by atoms with E-state index in [0.29, 0.717) is 6.42 Å². The summed E-state index contributed by atoms with van der Waals surface area (Å²) < 4.78 is 0. The lowest BCUT2D eigenvalue weighted by Gasteiger charge is -2.24. The molecule has 0 fully saturated rings. The van der Waals surface area contributed by atoms with Gasteiger partial charge in [-0.3, -0.25) is 4.79 Å². The molecule has 3 nitrogen and oxygen atoms in total. The van der Waals surface area contributed by atoms with Crippen LogP contribution in [-0.2, 0) is 4.79 Å². The zero-order valence-electron chi connectivity index (χ0n) is 9.24. The molecule has 0 saturated carbocycles. The minimum Gasteiger partial charge on any atom is -0.359 e. The highest BCUT2D eigenvalue weighted by Crippen LogP contribution is 2.06. The summed E-state index contributed by atoms with van der Waals surface area (Å²) in [6.45, 7) is 7.42. The number of rotatable bonds is 6. The zero-order valence-corrected chi connectivity index (χ0v) is 9.24. The summed E-state index contributed by atoms with van der Waals surface area (Å²) in [4.78, 5) is 10.9. The molecule has 0 aromatic heterocycles. The highest BCUT2D eigenvalue weighted by Gasteiger charge is 2.12. The Bertz CT molecular complexity index is 155. The molecule has 0 rings (SSSR count). The van der Waals surface area contributed by atoms with Gasteiger partial charge in [0.2, 0.25) is 5.91 Å². The minimum absolute atomic E-state index is 0.121. The third-order valence-electron chi connectivity index (χ3n) is 2.35. The quantitative estimate of drug-likeness (QED) is 0.614. The van der Waals surface area contributed by atoms with Crippen LogP contribution in [0.15, 0.2) is 0 Å². The molecule has 0 bridgehead atoms. The Hall–Kier alpha value is -0.570. The third kappa shape index (κ3) is 6.58. The van der Waals surface area contributed by atoms with Gasteiger partial charge in [0, 0.05) is 19.0 Å². The highest BCUT2D eigenvalue weighted by atomic mass is 16.1. The summed E-state index contributed by atoms with van der Waals surface area (Å²) in [5.74, 6) is 0.121. The summed E-state index contributed by atoms with van der Waals surface area (Å²) in [7, 11) is 1.67. The van der Waals surface area contributed by atoms with E-state index in [4.69, 9.17) is 0 Å². The number of hydrogen-bond donors (Lipinski definition) is 2. The maximum Gasteiger partial charge on any atom is 0.219 e. The van der Waals surface area contributed by atoms with Crippen LogP contribution in [0.1, 0.15) is 40.0 Å². The molecule has 0 radical (unpaired) electrons. The summed E-state index contributed by atoms with van der Waals surface area (Å²) in [6.07, 6.45) is 2.62. The first-order valence-corrected chi connectivity index (χ1v) is 4.97. The summed E-state index contributed by atoms with van der Waals surface area (Å²) in [5.41, 5.74) is 0.197. The Labute approximate surface area is 81.3 Å². The second-order valence-corrected chi connectivity index (χ2v) is 3.94. The lowest BCUT2D eigenvalue weighted by molar-refractivity contribution is -0.120.